The number of carbonyl (C=O) groups excluding carboxylic acids is 1. The van der Waals surface area contributed by atoms with Crippen molar-refractivity contribution in [1.29, 1.82) is 0 Å². The minimum absolute atomic E-state index is 0.0347. The molecule has 0 bridgehead atoms. The van der Waals surface area contributed by atoms with Gasteiger partial charge in [-0.15, -0.1) is 0 Å². The topological polar surface area (TPSA) is 79.6 Å². The normalized spacial score (nSPS) is 27.2. The fourth-order valence-electron chi connectivity index (χ4n) is 3.71. The summed E-state index contributed by atoms with van der Waals surface area (Å²) < 4.78 is 7.63. The van der Waals surface area contributed by atoms with E-state index in [-0.39, 0.29) is 24.7 Å². The first kappa shape index (κ1) is 17.4. The first-order valence-electron chi connectivity index (χ1n) is 8.92. The molecule has 134 valence electrons. The number of ether oxygens (including phenoxy) is 1. The minimum Gasteiger partial charge on any atom is -0.396 e. The van der Waals surface area contributed by atoms with E-state index in [0.29, 0.717) is 24.6 Å². The summed E-state index contributed by atoms with van der Waals surface area (Å²) in [4.78, 5) is 14.9. The highest BCUT2D eigenvalue weighted by atomic mass is 16.5. The zero-order valence-corrected chi connectivity index (χ0v) is 14.6. The molecule has 1 aromatic heterocycles. The van der Waals surface area contributed by atoms with E-state index in [2.05, 4.69) is 22.2 Å². The van der Waals surface area contributed by atoms with Crippen LogP contribution in [0, 0.1) is 6.92 Å². The Morgan fingerprint density at radius 2 is 2.33 bits per heavy atom. The number of morpholine rings is 1. The number of aliphatic hydroxyl groups excluding tert-OH is 1. The Morgan fingerprint density at radius 3 is 3.08 bits per heavy atom. The Kier molecular flexibility index (Phi) is 5.53. The molecular weight excluding hydrogens is 308 g/mol. The molecule has 2 N–H and O–H groups in total. The van der Waals surface area contributed by atoms with Crippen molar-refractivity contribution in [2.75, 3.05) is 26.3 Å². The highest BCUT2D eigenvalue weighted by Crippen LogP contribution is 2.24. The second-order valence-corrected chi connectivity index (χ2v) is 6.87. The number of hydrogen-bond acceptors (Lipinski definition) is 5. The van der Waals surface area contributed by atoms with Crippen molar-refractivity contribution in [2.45, 2.75) is 57.8 Å². The van der Waals surface area contributed by atoms with Crippen LogP contribution < -0.4 is 5.32 Å². The van der Waals surface area contributed by atoms with Gasteiger partial charge in [0.15, 0.2) is 0 Å². The van der Waals surface area contributed by atoms with Gasteiger partial charge in [0.05, 0.1) is 24.0 Å². The summed E-state index contributed by atoms with van der Waals surface area (Å²) in [6.45, 7) is 7.34. The molecule has 0 aliphatic carbocycles. The zero-order chi connectivity index (χ0) is 17.1. The molecule has 7 nitrogen and oxygen atoms in total. The number of amides is 1. The van der Waals surface area contributed by atoms with E-state index in [1.54, 1.807) is 0 Å². The molecule has 0 aromatic carbocycles. The number of aliphatic hydroxyl groups is 1. The van der Waals surface area contributed by atoms with Gasteiger partial charge in [-0.3, -0.25) is 14.4 Å². The van der Waals surface area contributed by atoms with Gasteiger partial charge in [0.1, 0.15) is 0 Å². The maximum Gasteiger partial charge on any atom is 0.255 e. The van der Waals surface area contributed by atoms with E-state index in [1.807, 2.05) is 17.8 Å². The highest BCUT2D eigenvalue weighted by Gasteiger charge is 2.37. The van der Waals surface area contributed by atoms with Crippen LogP contribution in [-0.2, 0) is 11.3 Å². The standard InChI is InChI=1S/C17H28N4O3/c1-3-5-21-10-16(12(2)19-21)17(23)18-13-7-14-11-24-15(4-6-22)9-20(14)8-13/h10,13-15,22H,3-9,11H2,1-2H3,(H,18,23)/t13-,14+,15+/m1/s1. The van der Waals surface area contributed by atoms with Gasteiger partial charge >= 0.3 is 0 Å². The maximum atomic E-state index is 12.6. The molecule has 0 radical (unpaired) electrons. The van der Waals surface area contributed by atoms with Crippen molar-refractivity contribution in [2.24, 2.45) is 0 Å². The summed E-state index contributed by atoms with van der Waals surface area (Å²) >= 11 is 0. The third-order valence-corrected chi connectivity index (χ3v) is 4.92. The molecular formula is C17H28N4O3. The number of nitrogens with zero attached hydrogens (tertiary/aromatic N) is 3. The number of fused-ring (bicyclic) bond motifs is 1. The van der Waals surface area contributed by atoms with Gasteiger partial charge in [-0.25, -0.2) is 0 Å². The van der Waals surface area contributed by atoms with Gasteiger partial charge in [0.2, 0.25) is 0 Å². The number of rotatable bonds is 6. The number of nitrogens with one attached hydrogen (secondary N) is 1. The molecule has 3 atom stereocenters. The van der Waals surface area contributed by atoms with Crippen molar-refractivity contribution >= 4 is 5.91 Å². The molecule has 1 amide bonds. The molecule has 0 saturated carbocycles. The predicted molar refractivity (Wildman–Crippen MR) is 89.9 cm³/mol. The quantitative estimate of drug-likeness (QED) is 0.793. The van der Waals surface area contributed by atoms with Gasteiger partial charge < -0.3 is 15.2 Å². The lowest BCUT2D eigenvalue weighted by Crippen LogP contribution is -2.46. The van der Waals surface area contributed by atoms with Gasteiger partial charge in [0, 0.05) is 44.5 Å². The van der Waals surface area contributed by atoms with Crippen LogP contribution in [0.15, 0.2) is 6.20 Å². The van der Waals surface area contributed by atoms with Crippen LogP contribution in [0.4, 0.5) is 0 Å². The fourth-order valence-corrected chi connectivity index (χ4v) is 3.71. The lowest BCUT2D eigenvalue weighted by Gasteiger charge is -2.34. The summed E-state index contributed by atoms with van der Waals surface area (Å²) in [6, 6.07) is 0.516. The monoisotopic (exact) mass is 336 g/mol. The van der Waals surface area contributed by atoms with E-state index in [1.165, 1.54) is 0 Å². The molecule has 3 heterocycles. The Morgan fingerprint density at radius 1 is 1.50 bits per heavy atom. The SMILES string of the molecule is CCCn1cc(C(=O)N[C@@H]2C[C@H]3CO[C@@H](CCO)CN3C2)c(C)n1. The molecule has 2 aliphatic rings. The largest absolute Gasteiger partial charge is 0.396 e. The van der Waals surface area contributed by atoms with Gasteiger partial charge in [0.25, 0.3) is 5.91 Å². The maximum absolute atomic E-state index is 12.6. The zero-order valence-electron chi connectivity index (χ0n) is 14.6. The number of carbonyl (C=O) groups is 1. The Bertz CT molecular complexity index is 574. The van der Waals surface area contributed by atoms with E-state index >= 15 is 0 Å². The fraction of sp³-hybridized carbons (Fsp3) is 0.765. The van der Waals surface area contributed by atoms with Gasteiger partial charge in [-0.1, -0.05) is 6.92 Å². The molecule has 2 fully saturated rings. The third kappa shape index (κ3) is 3.79. The predicted octanol–water partition coefficient (Wildman–Crippen LogP) is 0.555. The van der Waals surface area contributed by atoms with Gasteiger partial charge in [-0.2, -0.15) is 5.10 Å². The van der Waals surface area contributed by atoms with Crippen LogP contribution in [0.5, 0.6) is 0 Å². The average Bonchev–Trinajstić information content (AvgIpc) is 3.10. The van der Waals surface area contributed by atoms with E-state index < -0.39 is 0 Å². The number of hydrogen-bond donors (Lipinski definition) is 2. The van der Waals surface area contributed by atoms with Crippen molar-refractivity contribution in [3.05, 3.63) is 17.5 Å². The lowest BCUT2D eigenvalue weighted by molar-refractivity contribution is -0.0566. The van der Waals surface area contributed by atoms with Crippen LogP contribution in [-0.4, -0.2) is 70.2 Å². The molecule has 2 aliphatic heterocycles. The first-order chi connectivity index (χ1) is 11.6. The number of aromatic nitrogens is 2. The van der Waals surface area contributed by atoms with Crippen molar-refractivity contribution in [3.63, 3.8) is 0 Å². The van der Waals surface area contributed by atoms with Crippen LogP contribution in [0.3, 0.4) is 0 Å². The Labute approximate surface area is 143 Å². The summed E-state index contributed by atoms with van der Waals surface area (Å²) in [6.07, 6.45) is 4.54. The summed E-state index contributed by atoms with van der Waals surface area (Å²) in [7, 11) is 0. The molecule has 1 aromatic rings. The van der Waals surface area contributed by atoms with Crippen molar-refractivity contribution in [1.82, 2.24) is 20.0 Å². The number of aryl methyl sites for hydroxylation is 2. The molecule has 24 heavy (non-hydrogen) atoms. The Balaban J connectivity index is 1.56. The molecule has 0 unspecified atom stereocenters. The minimum atomic E-state index is -0.0347. The van der Waals surface area contributed by atoms with Gasteiger partial charge in [-0.05, 0) is 26.2 Å². The van der Waals surface area contributed by atoms with E-state index in [4.69, 9.17) is 9.84 Å². The van der Waals surface area contributed by atoms with Crippen molar-refractivity contribution in [3.8, 4) is 0 Å². The highest BCUT2D eigenvalue weighted by molar-refractivity contribution is 5.95. The Hall–Kier alpha value is -1.44. The second kappa shape index (κ2) is 7.63. The smallest absolute Gasteiger partial charge is 0.255 e. The molecule has 0 spiro atoms. The third-order valence-electron chi connectivity index (χ3n) is 4.92. The second-order valence-electron chi connectivity index (χ2n) is 6.87. The average molecular weight is 336 g/mol. The molecule has 3 rings (SSSR count). The van der Waals surface area contributed by atoms with Crippen LogP contribution >= 0.6 is 0 Å². The van der Waals surface area contributed by atoms with Crippen LogP contribution in [0.2, 0.25) is 0 Å². The van der Waals surface area contributed by atoms with E-state index in [9.17, 15) is 4.79 Å². The van der Waals surface area contributed by atoms with Crippen molar-refractivity contribution < 1.29 is 14.6 Å². The van der Waals surface area contributed by atoms with E-state index in [0.717, 1.165) is 38.2 Å². The van der Waals surface area contributed by atoms with Crippen LogP contribution in [0.25, 0.3) is 0 Å². The summed E-state index contributed by atoms with van der Waals surface area (Å²) in [5.74, 6) is -0.0347. The van der Waals surface area contributed by atoms with Crippen LogP contribution in [0.1, 0.15) is 42.2 Å². The summed E-state index contributed by atoms with van der Waals surface area (Å²) in [5.41, 5.74) is 1.45. The summed E-state index contributed by atoms with van der Waals surface area (Å²) in [5, 5.41) is 16.6. The first-order valence-corrected chi connectivity index (χ1v) is 8.92. The molecule has 2 saturated heterocycles. The molecule has 7 heteroatoms. The lowest BCUT2D eigenvalue weighted by atomic mass is 10.1.